The van der Waals surface area contributed by atoms with Crippen LogP contribution in [0.1, 0.15) is 111 Å². The van der Waals surface area contributed by atoms with E-state index in [1.807, 2.05) is 6.08 Å². The lowest BCUT2D eigenvalue weighted by atomic mass is 9.89. The average molecular weight is 374 g/mol. The quantitative estimate of drug-likeness (QED) is 0.205. The first kappa shape index (κ1) is 24.1. The maximum Gasteiger partial charge on any atom is 0.0360 e. The van der Waals surface area contributed by atoms with Crippen molar-refractivity contribution in [3.8, 4) is 0 Å². The molecule has 0 spiro atoms. The smallest absolute Gasteiger partial charge is 0.0360 e. The Morgan fingerprint density at radius 3 is 1.85 bits per heavy atom. The van der Waals surface area contributed by atoms with Crippen molar-refractivity contribution in [1.29, 1.82) is 0 Å². The van der Waals surface area contributed by atoms with Crippen molar-refractivity contribution in [3.05, 3.63) is 36.6 Å². The van der Waals surface area contributed by atoms with Crippen LogP contribution in [0.2, 0.25) is 0 Å². The molecule has 1 rings (SSSR count). The van der Waals surface area contributed by atoms with Crippen LogP contribution in [0.25, 0.3) is 0 Å². The predicted octanol–water partition coefficient (Wildman–Crippen LogP) is 8.44. The van der Waals surface area contributed by atoms with E-state index < -0.39 is 0 Å². The lowest BCUT2D eigenvalue weighted by Crippen LogP contribution is -2.16. The first-order valence-electron chi connectivity index (χ1n) is 11.8. The number of allylic oxidation sites excluding steroid dienone is 4. The maximum absolute atomic E-state index is 3.96. The van der Waals surface area contributed by atoms with Crippen LogP contribution in [-0.2, 0) is 0 Å². The second kappa shape index (κ2) is 15.0. The molecule has 1 fully saturated rings. The average Bonchev–Trinajstić information content (AvgIpc) is 3.15. The second-order valence-corrected chi connectivity index (χ2v) is 9.55. The van der Waals surface area contributed by atoms with E-state index in [0.717, 1.165) is 0 Å². The van der Waals surface area contributed by atoms with Crippen LogP contribution in [0.15, 0.2) is 36.6 Å². The molecule has 0 atom stereocenters. The van der Waals surface area contributed by atoms with Crippen molar-refractivity contribution < 1.29 is 0 Å². The minimum atomic E-state index is 0.521. The molecule has 1 heteroatoms. The number of hydrogen-bond acceptors (Lipinski definition) is 1. The molecule has 0 unspecified atom stereocenters. The number of rotatable bonds is 15. The highest BCUT2D eigenvalue weighted by molar-refractivity contribution is 5.21. The Morgan fingerprint density at radius 2 is 1.33 bits per heavy atom. The van der Waals surface area contributed by atoms with Gasteiger partial charge in [0, 0.05) is 18.8 Å². The summed E-state index contributed by atoms with van der Waals surface area (Å²) in [5.74, 6) is 0. The van der Waals surface area contributed by atoms with Gasteiger partial charge in [-0.15, -0.1) is 0 Å². The van der Waals surface area contributed by atoms with Crippen LogP contribution in [0.4, 0.5) is 0 Å². The van der Waals surface area contributed by atoms with Crippen LogP contribution in [-0.4, -0.2) is 18.0 Å². The molecule has 0 aromatic heterocycles. The summed E-state index contributed by atoms with van der Waals surface area (Å²) >= 11 is 0. The zero-order chi connectivity index (χ0) is 19.8. The van der Waals surface area contributed by atoms with Gasteiger partial charge in [0.05, 0.1) is 0 Å². The molecule has 1 heterocycles. The standard InChI is InChI=1S/C26H47N/c1-5-25(27-23-19-20-24-27)21-17-15-13-11-9-7-6-8-10-12-14-16-18-22-26(2,3)4/h5,15,17,21H,1,6-14,16,18-20,22-24H2,2-4H3. The van der Waals surface area contributed by atoms with Gasteiger partial charge in [-0.3, -0.25) is 0 Å². The van der Waals surface area contributed by atoms with Gasteiger partial charge >= 0.3 is 0 Å². The van der Waals surface area contributed by atoms with Gasteiger partial charge in [-0.2, -0.15) is 0 Å². The molecule has 0 aliphatic carbocycles. The monoisotopic (exact) mass is 373 g/mol. The van der Waals surface area contributed by atoms with Gasteiger partial charge in [-0.05, 0) is 49.7 Å². The van der Waals surface area contributed by atoms with Gasteiger partial charge < -0.3 is 4.90 Å². The molecule has 0 saturated carbocycles. The third-order valence-corrected chi connectivity index (χ3v) is 5.63. The Balaban J connectivity index is 1.88. The van der Waals surface area contributed by atoms with Gasteiger partial charge in [0.15, 0.2) is 0 Å². The molecule has 0 aromatic rings. The zero-order valence-electron chi connectivity index (χ0n) is 18.8. The number of unbranched alkanes of at least 4 members (excludes halogenated alkanes) is 10. The largest absolute Gasteiger partial charge is 0.372 e. The molecule has 1 nitrogen and oxygen atoms in total. The highest BCUT2D eigenvalue weighted by Gasteiger charge is 2.11. The van der Waals surface area contributed by atoms with E-state index in [0.29, 0.717) is 5.41 Å². The summed E-state index contributed by atoms with van der Waals surface area (Å²) in [4.78, 5) is 2.45. The Labute approximate surface area is 171 Å². The highest BCUT2D eigenvalue weighted by Crippen LogP contribution is 2.22. The molecular weight excluding hydrogens is 326 g/mol. The number of nitrogens with zero attached hydrogens (tertiary/aromatic N) is 1. The summed E-state index contributed by atoms with van der Waals surface area (Å²) in [6, 6.07) is 0. The maximum atomic E-state index is 3.96. The summed E-state index contributed by atoms with van der Waals surface area (Å²) in [6.45, 7) is 13.4. The van der Waals surface area contributed by atoms with Gasteiger partial charge in [0.1, 0.15) is 0 Å². The first-order valence-corrected chi connectivity index (χ1v) is 11.8. The molecule has 0 radical (unpaired) electrons. The van der Waals surface area contributed by atoms with Gasteiger partial charge in [0.2, 0.25) is 0 Å². The lowest BCUT2D eigenvalue weighted by Gasteiger charge is -2.17. The molecule has 0 N–H and O–H groups in total. The number of hydrogen-bond donors (Lipinski definition) is 0. The molecule has 1 aliphatic rings. The first-order chi connectivity index (χ1) is 13.0. The van der Waals surface area contributed by atoms with E-state index in [-0.39, 0.29) is 0 Å². The Morgan fingerprint density at radius 1 is 0.815 bits per heavy atom. The minimum absolute atomic E-state index is 0.521. The summed E-state index contributed by atoms with van der Waals surface area (Å²) in [6.07, 6.45) is 28.2. The predicted molar refractivity (Wildman–Crippen MR) is 123 cm³/mol. The molecule has 1 saturated heterocycles. The van der Waals surface area contributed by atoms with Crippen molar-refractivity contribution in [3.63, 3.8) is 0 Å². The van der Waals surface area contributed by atoms with Crippen molar-refractivity contribution >= 4 is 0 Å². The molecule has 0 amide bonds. The SMILES string of the molecule is C=CC(=CC=CCCCCCCCCCCCCC(C)(C)C)N1CCCC1. The number of likely N-dealkylation sites (tertiary alicyclic amines) is 1. The van der Waals surface area contributed by atoms with Gasteiger partial charge in [-0.25, -0.2) is 0 Å². The lowest BCUT2D eigenvalue weighted by molar-refractivity contribution is 0.356. The van der Waals surface area contributed by atoms with Crippen LogP contribution < -0.4 is 0 Å². The normalized spacial score (nSPS) is 15.8. The Kier molecular flexibility index (Phi) is 13.4. The highest BCUT2D eigenvalue weighted by atomic mass is 15.1. The van der Waals surface area contributed by atoms with Crippen LogP contribution in [0.5, 0.6) is 0 Å². The van der Waals surface area contributed by atoms with Gasteiger partial charge in [0.25, 0.3) is 0 Å². The zero-order valence-corrected chi connectivity index (χ0v) is 18.8. The molecule has 156 valence electrons. The molecule has 0 bridgehead atoms. The summed E-state index contributed by atoms with van der Waals surface area (Å²) in [5.41, 5.74) is 1.81. The van der Waals surface area contributed by atoms with Crippen molar-refractivity contribution in [1.82, 2.24) is 4.90 Å². The van der Waals surface area contributed by atoms with Crippen molar-refractivity contribution in [2.24, 2.45) is 5.41 Å². The fourth-order valence-electron chi connectivity index (χ4n) is 3.87. The van der Waals surface area contributed by atoms with E-state index >= 15 is 0 Å². The molecule has 27 heavy (non-hydrogen) atoms. The van der Waals surface area contributed by atoms with Gasteiger partial charge in [-0.1, -0.05) is 97.3 Å². The van der Waals surface area contributed by atoms with E-state index in [1.165, 1.54) is 109 Å². The van der Waals surface area contributed by atoms with E-state index in [1.54, 1.807) is 0 Å². The summed E-state index contributed by atoms with van der Waals surface area (Å²) in [5, 5.41) is 0. The van der Waals surface area contributed by atoms with Crippen LogP contribution >= 0.6 is 0 Å². The Hall–Kier alpha value is -0.980. The third kappa shape index (κ3) is 13.8. The second-order valence-electron chi connectivity index (χ2n) is 9.55. The van der Waals surface area contributed by atoms with E-state index in [2.05, 4.69) is 50.5 Å². The molecule has 0 aromatic carbocycles. The Bertz CT molecular complexity index is 418. The van der Waals surface area contributed by atoms with E-state index in [9.17, 15) is 0 Å². The van der Waals surface area contributed by atoms with Crippen LogP contribution in [0, 0.1) is 5.41 Å². The van der Waals surface area contributed by atoms with Crippen molar-refractivity contribution in [2.45, 2.75) is 111 Å². The fourth-order valence-corrected chi connectivity index (χ4v) is 3.87. The van der Waals surface area contributed by atoms with Crippen molar-refractivity contribution in [2.75, 3.05) is 13.1 Å². The molecular formula is C26H47N. The third-order valence-electron chi connectivity index (χ3n) is 5.63. The fraction of sp³-hybridized carbons (Fsp3) is 0.769. The van der Waals surface area contributed by atoms with Crippen LogP contribution in [0.3, 0.4) is 0 Å². The summed E-state index contributed by atoms with van der Waals surface area (Å²) < 4.78 is 0. The molecule has 1 aliphatic heterocycles. The minimum Gasteiger partial charge on any atom is -0.372 e. The topological polar surface area (TPSA) is 3.24 Å². The summed E-state index contributed by atoms with van der Waals surface area (Å²) in [7, 11) is 0. The van der Waals surface area contributed by atoms with E-state index in [4.69, 9.17) is 0 Å².